The zero-order valence-corrected chi connectivity index (χ0v) is 21.5. The summed E-state index contributed by atoms with van der Waals surface area (Å²) in [5.41, 5.74) is 0. The van der Waals surface area contributed by atoms with E-state index in [0.29, 0.717) is 17.8 Å². The van der Waals surface area contributed by atoms with Gasteiger partial charge in [0, 0.05) is 6.29 Å². The largest absolute Gasteiger partial charge is 1.00 e. The molecule has 5 heteroatoms. The van der Waals surface area contributed by atoms with E-state index in [1.807, 2.05) is 6.92 Å². The molecule has 24 heavy (non-hydrogen) atoms. The van der Waals surface area contributed by atoms with Crippen LogP contribution < -0.4 is 58.2 Å². The third kappa shape index (κ3) is 5.20. The molecule has 0 spiro atoms. The Labute approximate surface area is 196 Å². The van der Waals surface area contributed by atoms with Gasteiger partial charge in [-0.05, 0) is 38.0 Å². The number of carbonyl (C=O) groups is 1. The summed E-state index contributed by atoms with van der Waals surface area (Å²) in [5.74, 6) is 1.55. The Kier molecular flexibility index (Phi) is 9.80. The summed E-state index contributed by atoms with van der Waals surface area (Å²) in [6.07, 6.45) is 2.26. The van der Waals surface area contributed by atoms with Crippen LogP contribution >= 0.6 is 0 Å². The van der Waals surface area contributed by atoms with Crippen molar-refractivity contribution < 1.29 is 77.2 Å². The molecule has 0 bridgehead atoms. The van der Waals surface area contributed by atoms with E-state index in [4.69, 9.17) is 14.2 Å². The zero-order valence-electron chi connectivity index (χ0n) is 16.6. The second kappa shape index (κ2) is 10.1. The average molecular weight is 411 g/mol. The van der Waals surface area contributed by atoms with Gasteiger partial charge in [-0.3, -0.25) is 11.2 Å². The minimum absolute atomic E-state index is 0. The molecule has 0 aliphatic carbocycles. The van der Waals surface area contributed by atoms with Gasteiger partial charge in [-0.15, -0.1) is 0 Å². The van der Waals surface area contributed by atoms with Crippen LogP contribution in [0.25, 0.3) is 0 Å². The summed E-state index contributed by atoms with van der Waals surface area (Å²) in [6.45, 7) is 14.5. The minimum atomic E-state index is -0.497. The summed E-state index contributed by atoms with van der Waals surface area (Å²) in [7, 11) is 0. The van der Waals surface area contributed by atoms with Gasteiger partial charge in [0.05, 0.1) is 18.3 Å². The van der Waals surface area contributed by atoms with Gasteiger partial charge in [0.1, 0.15) is 6.10 Å². The first-order valence-electron chi connectivity index (χ1n) is 9.08. The third-order valence-corrected chi connectivity index (χ3v) is 6.03. The first kappa shape index (κ1) is 23.4. The van der Waals surface area contributed by atoms with Crippen molar-refractivity contribution in [2.45, 2.75) is 85.6 Å². The molecular weight excluding hydrogens is 378 g/mol. The Morgan fingerprint density at radius 2 is 1.67 bits per heavy atom. The fraction of sp³-hybridized carbons (Fsp3) is 0.895. The van der Waals surface area contributed by atoms with Crippen molar-refractivity contribution in [3.63, 3.8) is 0 Å². The maximum atomic E-state index is 12.0. The topological polar surface area (TPSA) is 44.8 Å². The summed E-state index contributed by atoms with van der Waals surface area (Å²) >= 11 is 0. The van der Waals surface area contributed by atoms with Gasteiger partial charge < -0.3 is 14.2 Å². The van der Waals surface area contributed by atoms with E-state index in [1.54, 1.807) is 6.92 Å². The standard InChI is InChI=1S/C19H33O4.Rb/c1-8-16-11(3)10(2)9-17(22-16)23-18-13(5)12(4)15(7)21-19(18)14(6)20;/h9-13,15-19H,8H2,1-7H3;/q-1;+1/t10-,11+,12?,13-,15?,16?,17-,18+,19?;/m1./s1. The zero-order chi connectivity index (χ0) is 17.3. The number of hydrogen-bond donors (Lipinski definition) is 0. The van der Waals surface area contributed by atoms with Gasteiger partial charge in [0.25, 0.3) is 0 Å². The molecule has 0 saturated carbocycles. The van der Waals surface area contributed by atoms with Crippen LogP contribution in [0.15, 0.2) is 0 Å². The average Bonchev–Trinajstić information content (AvgIpc) is 2.50. The van der Waals surface area contributed by atoms with Crippen LogP contribution in [-0.2, 0) is 19.0 Å². The number of hydrogen-bond acceptors (Lipinski definition) is 4. The van der Waals surface area contributed by atoms with Crippen LogP contribution in [0.1, 0.15) is 54.9 Å². The van der Waals surface area contributed by atoms with Gasteiger partial charge in [-0.2, -0.15) is 5.92 Å². The van der Waals surface area contributed by atoms with Gasteiger partial charge in [-0.1, -0.05) is 34.6 Å². The molecule has 9 atom stereocenters. The molecule has 0 N–H and O–H groups in total. The monoisotopic (exact) mass is 410 g/mol. The predicted octanol–water partition coefficient (Wildman–Crippen LogP) is 0.635. The van der Waals surface area contributed by atoms with Crippen LogP contribution in [0.2, 0.25) is 0 Å². The van der Waals surface area contributed by atoms with Crippen molar-refractivity contribution in [1.29, 1.82) is 0 Å². The SMILES string of the molecule is CCC1O[C@H](O[C@@H]2C(C(C)=O)OC(C)C(C)[C@H]2C)[CH-][C@@H](C)[C@@H]1C.[Rb+]. The number of ketones is 1. The summed E-state index contributed by atoms with van der Waals surface area (Å²) in [5, 5.41) is 0. The molecule has 134 valence electrons. The van der Waals surface area contributed by atoms with E-state index in [2.05, 4.69) is 41.0 Å². The Hall–Kier alpha value is 1.36. The van der Waals surface area contributed by atoms with Crippen LogP contribution in [0.5, 0.6) is 0 Å². The molecule has 4 nitrogen and oxygen atoms in total. The van der Waals surface area contributed by atoms with Crippen LogP contribution in [0.4, 0.5) is 0 Å². The van der Waals surface area contributed by atoms with Crippen molar-refractivity contribution in [3.8, 4) is 0 Å². The molecule has 2 rings (SSSR count). The Morgan fingerprint density at radius 1 is 1.04 bits per heavy atom. The van der Waals surface area contributed by atoms with Crippen LogP contribution in [-0.4, -0.2) is 36.5 Å². The van der Waals surface area contributed by atoms with E-state index in [1.165, 1.54) is 0 Å². The maximum Gasteiger partial charge on any atom is 1.00 e. The van der Waals surface area contributed by atoms with Gasteiger partial charge in [0.15, 0.2) is 5.78 Å². The van der Waals surface area contributed by atoms with Gasteiger partial charge >= 0.3 is 58.2 Å². The smallest absolute Gasteiger partial charge is 0.380 e. The molecule has 2 heterocycles. The van der Waals surface area contributed by atoms with Gasteiger partial charge in [-0.25, -0.2) is 0 Å². The summed E-state index contributed by atoms with van der Waals surface area (Å²) in [6, 6.07) is 0. The maximum absolute atomic E-state index is 12.0. The minimum Gasteiger partial charge on any atom is -0.380 e. The number of Topliss-reactive ketones (excluding diaryl/α,β-unsaturated/α-hetero) is 1. The van der Waals surface area contributed by atoms with E-state index in [-0.39, 0.29) is 94.5 Å². The molecule has 4 unspecified atom stereocenters. The fourth-order valence-electron chi connectivity index (χ4n) is 3.76. The molecular formula is C19H33O4Rb. The molecule has 2 fully saturated rings. The molecule has 0 aromatic carbocycles. The molecule has 0 aromatic rings. The van der Waals surface area contributed by atoms with Crippen molar-refractivity contribution >= 4 is 5.78 Å². The second-order valence-corrected chi connectivity index (χ2v) is 7.55. The van der Waals surface area contributed by atoms with Crippen molar-refractivity contribution in [1.82, 2.24) is 0 Å². The molecule has 2 aliphatic rings. The van der Waals surface area contributed by atoms with Crippen LogP contribution in [0, 0.1) is 30.1 Å². The van der Waals surface area contributed by atoms with Crippen molar-refractivity contribution in [2.24, 2.45) is 23.7 Å². The van der Waals surface area contributed by atoms with E-state index < -0.39 is 6.10 Å². The number of carbonyl (C=O) groups excluding carboxylic acids is 1. The normalized spacial score (nSPS) is 46.2. The Bertz CT molecular complexity index is 416. The molecule has 0 amide bonds. The fourth-order valence-corrected chi connectivity index (χ4v) is 3.76. The molecule has 2 aliphatic heterocycles. The van der Waals surface area contributed by atoms with E-state index in [9.17, 15) is 4.79 Å². The van der Waals surface area contributed by atoms with E-state index in [0.717, 1.165) is 6.42 Å². The summed E-state index contributed by atoms with van der Waals surface area (Å²) < 4.78 is 18.3. The number of rotatable bonds is 4. The van der Waals surface area contributed by atoms with Gasteiger partial charge in [0.2, 0.25) is 0 Å². The predicted molar refractivity (Wildman–Crippen MR) is 89.8 cm³/mol. The van der Waals surface area contributed by atoms with Crippen molar-refractivity contribution in [2.75, 3.05) is 0 Å². The molecule has 0 aromatic heterocycles. The Balaban J connectivity index is 0.00000288. The van der Waals surface area contributed by atoms with Crippen LogP contribution in [0.3, 0.4) is 0 Å². The first-order valence-corrected chi connectivity index (χ1v) is 9.08. The number of ether oxygens (including phenoxy) is 3. The molecule has 0 radical (unpaired) electrons. The van der Waals surface area contributed by atoms with E-state index >= 15 is 0 Å². The first-order chi connectivity index (χ1) is 10.8. The van der Waals surface area contributed by atoms with Crippen molar-refractivity contribution in [3.05, 3.63) is 6.42 Å². The third-order valence-electron chi connectivity index (χ3n) is 6.03. The summed E-state index contributed by atoms with van der Waals surface area (Å²) in [4.78, 5) is 12.0. The second-order valence-electron chi connectivity index (χ2n) is 7.55. The Morgan fingerprint density at radius 3 is 2.21 bits per heavy atom. The quantitative estimate of drug-likeness (QED) is 0.638. The molecule has 2 saturated heterocycles.